The third-order valence-corrected chi connectivity index (χ3v) is 11.2. The normalized spacial score (nSPS) is 13.1. The van der Waals surface area contributed by atoms with Crippen molar-refractivity contribution in [2.24, 2.45) is 0 Å². The summed E-state index contributed by atoms with van der Waals surface area (Å²) in [6, 6.07) is 63.5. The summed E-state index contributed by atoms with van der Waals surface area (Å²) in [5.74, 6) is 0. The van der Waals surface area contributed by atoms with Crippen molar-refractivity contribution in [1.82, 2.24) is 15.0 Å². The lowest BCUT2D eigenvalue weighted by Gasteiger charge is -2.31. The van der Waals surface area contributed by atoms with E-state index in [2.05, 4.69) is 151 Å². The standard InChI is InChI=1S/C50H31N3/c1-2-10-34(11-3-1)48-49(53-47-17-9-8-16-46(47)52-48)35-20-18-32(19-21-35)36-22-24-40-41-25-23-37(33-26-28-51-29-27-33)31-45(41)50(44(40)30-36)42-14-6-4-12-38(42)39-13-5-7-15-43(39)50/h1-31H. The van der Waals surface area contributed by atoms with Crippen LogP contribution in [0.2, 0.25) is 0 Å². The van der Waals surface area contributed by atoms with E-state index in [9.17, 15) is 0 Å². The molecule has 0 fully saturated rings. The fraction of sp³-hybridized carbons (Fsp3) is 0.0200. The molecule has 2 aliphatic rings. The fourth-order valence-electron chi connectivity index (χ4n) is 8.86. The summed E-state index contributed by atoms with van der Waals surface area (Å²) in [4.78, 5) is 14.5. The van der Waals surface area contributed by atoms with E-state index in [-0.39, 0.29) is 0 Å². The highest BCUT2D eigenvalue weighted by Gasteiger charge is 2.51. The average molecular weight is 674 g/mol. The van der Waals surface area contributed by atoms with Crippen LogP contribution in [0.3, 0.4) is 0 Å². The molecule has 2 aromatic heterocycles. The molecular formula is C50H31N3. The fourth-order valence-corrected chi connectivity index (χ4v) is 8.86. The number of pyridine rings is 1. The lowest BCUT2D eigenvalue weighted by atomic mass is 9.70. The molecule has 0 saturated heterocycles. The largest absolute Gasteiger partial charge is 0.265 e. The predicted octanol–water partition coefficient (Wildman–Crippen LogP) is 12.0. The van der Waals surface area contributed by atoms with Gasteiger partial charge in [0.05, 0.1) is 27.8 Å². The van der Waals surface area contributed by atoms with Gasteiger partial charge in [0, 0.05) is 23.5 Å². The molecule has 2 heterocycles. The minimum Gasteiger partial charge on any atom is -0.265 e. The Labute approximate surface area is 308 Å². The van der Waals surface area contributed by atoms with Crippen LogP contribution in [0.15, 0.2) is 188 Å². The Bertz CT molecular complexity index is 2830. The van der Waals surface area contributed by atoms with Crippen LogP contribution < -0.4 is 0 Å². The quantitative estimate of drug-likeness (QED) is 0.187. The summed E-state index contributed by atoms with van der Waals surface area (Å²) in [6.07, 6.45) is 3.75. The van der Waals surface area contributed by atoms with E-state index < -0.39 is 5.41 Å². The van der Waals surface area contributed by atoms with Crippen LogP contribution in [0.4, 0.5) is 0 Å². The molecule has 0 radical (unpaired) electrons. The van der Waals surface area contributed by atoms with Gasteiger partial charge in [-0.1, -0.05) is 140 Å². The Balaban J connectivity index is 1.09. The highest BCUT2D eigenvalue weighted by Crippen LogP contribution is 2.63. The SMILES string of the molecule is c1ccc(-c2nc3ccccc3nc2-c2ccc(-c3ccc4c(c3)C3(c5ccccc5-c5ccccc53)c3cc(-c5ccncc5)ccc3-4)cc2)cc1. The van der Waals surface area contributed by atoms with E-state index >= 15 is 0 Å². The maximum absolute atomic E-state index is 5.15. The van der Waals surface area contributed by atoms with Crippen LogP contribution in [-0.4, -0.2) is 15.0 Å². The van der Waals surface area contributed by atoms with Gasteiger partial charge in [-0.05, 0) is 103 Å². The van der Waals surface area contributed by atoms with Gasteiger partial charge in [0.25, 0.3) is 0 Å². The van der Waals surface area contributed by atoms with Crippen molar-refractivity contribution in [3.63, 3.8) is 0 Å². The third kappa shape index (κ3) is 4.38. The first-order chi connectivity index (χ1) is 26.3. The Morgan fingerprint density at radius 2 is 0.717 bits per heavy atom. The highest BCUT2D eigenvalue weighted by atomic mass is 14.8. The minimum atomic E-state index is -0.442. The zero-order valence-electron chi connectivity index (χ0n) is 28.7. The van der Waals surface area contributed by atoms with E-state index in [1.807, 2.05) is 42.7 Å². The van der Waals surface area contributed by atoms with E-state index in [1.54, 1.807) is 0 Å². The molecule has 0 atom stereocenters. The number of rotatable bonds is 4. The number of hydrogen-bond donors (Lipinski definition) is 0. The van der Waals surface area contributed by atoms with Gasteiger partial charge in [0.15, 0.2) is 0 Å². The van der Waals surface area contributed by atoms with Crippen molar-refractivity contribution in [2.75, 3.05) is 0 Å². The summed E-state index contributed by atoms with van der Waals surface area (Å²) in [6.45, 7) is 0. The molecule has 2 aliphatic carbocycles. The van der Waals surface area contributed by atoms with Crippen molar-refractivity contribution in [3.05, 3.63) is 211 Å². The molecule has 0 amide bonds. The van der Waals surface area contributed by atoms with E-state index in [0.717, 1.165) is 39.1 Å². The molecule has 0 bridgehead atoms. The van der Waals surface area contributed by atoms with Crippen LogP contribution in [0.5, 0.6) is 0 Å². The molecule has 3 heteroatoms. The van der Waals surface area contributed by atoms with Crippen molar-refractivity contribution < 1.29 is 0 Å². The lowest BCUT2D eigenvalue weighted by Crippen LogP contribution is -2.26. The Hall–Kier alpha value is -6.97. The van der Waals surface area contributed by atoms with Gasteiger partial charge in [-0.25, -0.2) is 9.97 Å². The molecule has 53 heavy (non-hydrogen) atoms. The van der Waals surface area contributed by atoms with Crippen LogP contribution in [0, 0.1) is 0 Å². The summed E-state index contributed by atoms with van der Waals surface area (Å²) in [7, 11) is 0. The molecule has 7 aromatic carbocycles. The highest BCUT2D eigenvalue weighted by molar-refractivity contribution is 5.97. The number of aromatic nitrogens is 3. The number of hydrogen-bond acceptors (Lipinski definition) is 3. The molecule has 0 aliphatic heterocycles. The van der Waals surface area contributed by atoms with Gasteiger partial charge in [-0.15, -0.1) is 0 Å². The second kappa shape index (κ2) is 11.5. The number of para-hydroxylation sites is 2. The van der Waals surface area contributed by atoms with Crippen molar-refractivity contribution in [3.8, 4) is 67.0 Å². The summed E-state index contributed by atoms with van der Waals surface area (Å²) in [5.41, 5.74) is 20.4. The summed E-state index contributed by atoms with van der Waals surface area (Å²) >= 11 is 0. The van der Waals surface area contributed by atoms with Crippen LogP contribution >= 0.6 is 0 Å². The summed E-state index contributed by atoms with van der Waals surface area (Å²) < 4.78 is 0. The number of nitrogens with zero attached hydrogens (tertiary/aromatic N) is 3. The van der Waals surface area contributed by atoms with Crippen molar-refractivity contribution in [1.29, 1.82) is 0 Å². The van der Waals surface area contributed by atoms with Gasteiger partial charge >= 0.3 is 0 Å². The zero-order chi connectivity index (χ0) is 34.9. The molecule has 246 valence electrons. The van der Waals surface area contributed by atoms with Gasteiger partial charge < -0.3 is 0 Å². The maximum atomic E-state index is 5.15. The molecule has 9 aromatic rings. The number of benzene rings is 7. The molecule has 0 N–H and O–H groups in total. The monoisotopic (exact) mass is 673 g/mol. The van der Waals surface area contributed by atoms with Crippen LogP contribution in [0.25, 0.3) is 78.1 Å². The first kappa shape index (κ1) is 29.7. The first-order valence-corrected chi connectivity index (χ1v) is 18.1. The minimum absolute atomic E-state index is 0.442. The van der Waals surface area contributed by atoms with E-state index in [4.69, 9.17) is 9.97 Å². The first-order valence-electron chi connectivity index (χ1n) is 18.1. The van der Waals surface area contributed by atoms with E-state index in [1.165, 1.54) is 61.2 Å². The van der Waals surface area contributed by atoms with Crippen molar-refractivity contribution in [2.45, 2.75) is 5.41 Å². The van der Waals surface area contributed by atoms with Crippen LogP contribution in [-0.2, 0) is 5.41 Å². The van der Waals surface area contributed by atoms with Gasteiger partial charge in [-0.3, -0.25) is 4.98 Å². The van der Waals surface area contributed by atoms with Gasteiger partial charge in [0.2, 0.25) is 0 Å². The molecular weight excluding hydrogens is 643 g/mol. The number of fused-ring (bicyclic) bond motifs is 11. The lowest BCUT2D eigenvalue weighted by molar-refractivity contribution is 0.794. The Morgan fingerprint density at radius 3 is 1.28 bits per heavy atom. The second-order valence-electron chi connectivity index (χ2n) is 14.0. The molecule has 0 unspecified atom stereocenters. The van der Waals surface area contributed by atoms with Gasteiger partial charge in [-0.2, -0.15) is 0 Å². The zero-order valence-corrected chi connectivity index (χ0v) is 28.7. The topological polar surface area (TPSA) is 38.7 Å². The molecule has 11 rings (SSSR count). The Kier molecular flexibility index (Phi) is 6.47. The second-order valence-corrected chi connectivity index (χ2v) is 14.0. The van der Waals surface area contributed by atoms with Gasteiger partial charge in [0.1, 0.15) is 0 Å². The van der Waals surface area contributed by atoms with E-state index in [0.29, 0.717) is 0 Å². The maximum Gasteiger partial charge on any atom is 0.0973 e. The summed E-state index contributed by atoms with van der Waals surface area (Å²) in [5, 5.41) is 0. The molecule has 0 saturated carbocycles. The van der Waals surface area contributed by atoms with Crippen molar-refractivity contribution >= 4 is 11.0 Å². The third-order valence-electron chi connectivity index (χ3n) is 11.2. The average Bonchev–Trinajstić information content (AvgIpc) is 3.70. The molecule has 1 spiro atoms. The predicted molar refractivity (Wildman–Crippen MR) is 215 cm³/mol. The Morgan fingerprint density at radius 1 is 0.302 bits per heavy atom. The molecule has 3 nitrogen and oxygen atoms in total. The smallest absolute Gasteiger partial charge is 0.0973 e. The van der Waals surface area contributed by atoms with Crippen LogP contribution in [0.1, 0.15) is 22.3 Å².